The quantitative estimate of drug-likeness (QED) is 0.747. The standard InChI is InChI=1S/C22H27NO3/c1-3-26-21(24)22(19-10-6-4-7-11-19,20-12-8-5-9-13-20)18(2)23-14-16-25-17-15-23/h4-13,18H,3,14-17H2,1-2H3. The minimum atomic E-state index is -0.879. The third-order valence-electron chi connectivity index (χ3n) is 5.28. The molecule has 2 aromatic rings. The molecule has 0 aliphatic carbocycles. The summed E-state index contributed by atoms with van der Waals surface area (Å²) in [6, 6.07) is 19.9. The highest BCUT2D eigenvalue weighted by Gasteiger charge is 2.50. The van der Waals surface area contributed by atoms with Crippen LogP contribution in [0.3, 0.4) is 0 Å². The van der Waals surface area contributed by atoms with Crippen molar-refractivity contribution >= 4 is 5.97 Å². The largest absolute Gasteiger partial charge is 0.465 e. The van der Waals surface area contributed by atoms with Crippen molar-refractivity contribution in [2.75, 3.05) is 32.9 Å². The molecule has 1 fully saturated rings. The lowest BCUT2D eigenvalue weighted by molar-refractivity contribution is -0.151. The van der Waals surface area contributed by atoms with E-state index in [-0.39, 0.29) is 12.0 Å². The zero-order chi connectivity index (χ0) is 18.4. The van der Waals surface area contributed by atoms with Crippen LogP contribution in [-0.4, -0.2) is 49.8 Å². The number of rotatable bonds is 6. The highest BCUT2D eigenvalue weighted by molar-refractivity contribution is 5.89. The molecule has 1 aliphatic rings. The van der Waals surface area contributed by atoms with Gasteiger partial charge in [0.05, 0.1) is 19.8 Å². The second kappa shape index (κ2) is 8.47. The summed E-state index contributed by atoms with van der Waals surface area (Å²) >= 11 is 0. The Morgan fingerprint density at radius 1 is 1.04 bits per heavy atom. The molecule has 0 aromatic heterocycles. The van der Waals surface area contributed by atoms with Gasteiger partial charge in [-0.1, -0.05) is 60.7 Å². The van der Waals surface area contributed by atoms with Crippen LogP contribution < -0.4 is 0 Å². The molecule has 1 unspecified atom stereocenters. The van der Waals surface area contributed by atoms with E-state index in [2.05, 4.69) is 11.8 Å². The van der Waals surface area contributed by atoms with Gasteiger partial charge in [-0.05, 0) is 25.0 Å². The first-order chi connectivity index (χ1) is 12.7. The first kappa shape index (κ1) is 18.6. The molecular weight excluding hydrogens is 326 g/mol. The lowest BCUT2D eigenvalue weighted by Crippen LogP contribution is -2.57. The SMILES string of the molecule is CCOC(=O)C(c1ccccc1)(c1ccccc1)C(C)N1CCOCC1. The van der Waals surface area contributed by atoms with Crippen LogP contribution in [0.5, 0.6) is 0 Å². The average molecular weight is 353 g/mol. The Bertz CT molecular complexity index is 656. The van der Waals surface area contributed by atoms with Crippen LogP contribution in [0.2, 0.25) is 0 Å². The zero-order valence-corrected chi connectivity index (χ0v) is 15.6. The molecule has 4 nitrogen and oxygen atoms in total. The van der Waals surface area contributed by atoms with Crippen molar-refractivity contribution in [2.45, 2.75) is 25.3 Å². The maximum absolute atomic E-state index is 13.5. The van der Waals surface area contributed by atoms with E-state index in [1.165, 1.54) is 0 Å². The van der Waals surface area contributed by atoms with Gasteiger partial charge in [0.1, 0.15) is 5.41 Å². The number of morpholine rings is 1. The molecule has 0 N–H and O–H groups in total. The highest BCUT2D eigenvalue weighted by Crippen LogP contribution is 2.39. The van der Waals surface area contributed by atoms with Gasteiger partial charge in [0, 0.05) is 19.1 Å². The first-order valence-electron chi connectivity index (χ1n) is 9.31. The molecule has 138 valence electrons. The summed E-state index contributed by atoms with van der Waals surface area (Å²) in [5, 5.41) is 0. The van der Waals surface area contributed by atoms with Crippen LogP contribution in [0.15, 0.2) is 60.7 Å². The molecular formula is C22H27NO3. The van der Waals surface area contributed by atoms with E-state index in [0.29, 0.717) is 19.8 Å². The molecule has 3 rings (SSSR count). The number of carbonyl (C=O) groups is 1. The third-order valence-corrected chi connectivity index (χ3v) is 5.28. The molecule has 0 saturated carbocycles. The van der Waals surface area contributed by atoms with Crippen molar-refractivity contribution in [1.29, 1.82) is 0 Å². The van der Waals surface area contributed by atoms with E-state index < -0.39 is 5.41 Å². The molecule has 1 saturated heterocycles. The maximum Gasteiger partial charge on any atom is 0.322 e. The van der Waals surface area contributed by atoms with Gasteiger partial charge in [-0.25, -0.2) is 0 Å². The predicted octanol–water partition coefficient (Wildman–Crippen LogP) is 3.26. The van der Waals surface area contributed by atoms with Crippen LogP contribution >= 0.6 is 0 Å². The van der Waals surface area contributed by atoms with Crippen LogP contribution in [0.25, 0.3) is 0 Å². The fourth-order valence-electron chi connectivity index (χ4n) is 3.94. The minimum absolute atomic E-state index is 0.0600. The molecule has 1 heterocycles. The zero-order valence-electron chi connectivity index (χ0n) is 15.6. The number of benzene rings is 2. The van der Waals surface area contributed by atoms with Gasteiger partial charge in [0.25, 0.3) is 0 Å². The summed E-state index contributed by atoms with van der Waals surface area (Å²) in [7, 11) is 0. The predicted molar refractivity (Wildman–Crippen MR) is 102 cm³/mol. The smallest absolute Gasteiger partial charge is 0.322 e. The Balaban J connectivity index is 2.19. The van der Waals surface area contributed by atoms with E-state index in [4.69, 9.17) is 9.47 Å². The highest BCUT2D eigenvalue weighted by atomic mass is 16.5. The number of ether oxygens (including phenoxy) is 2. The second-order valence-corrected chi connectivity index (χ2v) is 6.58. The van der Waals surface area contributed by atoms with Crippen molar-refractivity contribution in [2.24, 2.45) is 0 Å². The molecule has 0 radical (unpaired) electrons. The molecule has 2 aromatic carbocycles. The van der Waals surface area contributed by atoms with Crippen LogP contribution in [-0.2, 0) is 19.7 Å². The van der Waals surface area contributed by atoms with E-state index >= 15 is 0 Å². The number of hydrogen-bond donors (Lipinski definition) is 0. The van der Waals surface area contributed by atoms with Gasteiger partial charge in [-0.3, -0.25) is 9.69 Å². The Hall–Kier alpha value is -2.17. The molecule has 0 spiro atoms. The average Bonchev–Trinajstić information content (AvgIpc) is 2.71. The summed E-state index contributed by atoms with van der Waals surface area (Å²) in [5.41, 5.74) is 1.04. The first-order valence-corrected chi connectivity index (χ1v) is 9.31. The van der Waals surface area contributed by atoms with E-state index in [1.807, 2.05) is 67.6 Å². The van der Waals surface area contributed by atoms with Gasteiger partial charge in [0.2, 0.25) is 0 Å². The monoisotopic (exact) mass is 353 g/mol. The Morgan fingerprint density at radius 2 is 1.54 bits per heavy atom. The fraction of sp³-hybridized carbons (Fsp3) is 0.409. The Labute approximate surface area is 155 Å². The molecule has 0 bridgehead atoms. The van der Waals surface area contributed by atoms with Gasteiger partial charge < -0.3 is 9.47 Å². The van der Waals surface area contributed by atoms with E-state index in [9.17, 15) is 4.79 Å². The number of nitrogens with zero attached hydrogens (tertiary/aromatic N) is 1. The lowest BCUT2D eigenvalue weighted by atomic mass is 9.68. The third kappa shape index (κ3) is 3.39. The van der Waals surface area contributed by atoms with Gasteiger partial charge in [-0.15, -0.1) is 0 Å². The Kier molecular flexibility index (Phi) is 6.07. The number of hydrogen-bond acceptors (Lipinski definition) is 4. The molecule has 4 heteroatoms. The molecule has 26 heavy (non-hydrogen) atoms. The summed E-state index contributed by atoms with van der Waals surface area (Å²) in [6.07, 6.45) is 0. The van der Waals surface area contributed by atoms with Crippen molar-refractivity contribution in [3.8, 4) is 0 Å². The van der Waals surface area contributed by atoms with Gasteiger partial charge >= 0.3 is 5.97 Å². The van der Waals surface area contributed by atoms with Gasteiger partial charge in [0.15, 0.2) is 0 Å². The van der Waals surface area contributed by atoms with E-state index in [1.54, 1.807) is 0 Å². The lowest BCUT2D eigenvalue weighted by Gasteiger charge is -2.44. The van der Waals surface area contributed by atoms with Crippen molar-refractivity contribution in [1.82, 2.24) is 4.90 Å². The van der Waals surface area contributed by atoms with Crippen molar-refractivity contribution in [3.63, 3.8) is 0 Å². The summed E-state index contributed by atoms with van der Waals surface area (Å²) < 4.78 is 11.2. The summed E-state index contributed by atoms with van der Waals surface area (Å²) in [4.78, 5) is 15.8. The van der Waals surface area contributed by atoms with Crippen LogP contribution in [0, 0.1) is 0 Å². The van der Waals surface area contributed by atoms with Crippen LogP contribution in [0.1, 0.15) is 25.0 Å². The summed E-state index contributed by atoms with van der Waals surface area (Å²) in [6.45, 7) is 7.33. The number of carbonyl (C=O) groups excluding carboxylic acids is 1. The number of esters is 1. The topological polar surface area (TPSA) is 38.8 Å². The fourth-order valence-corrected chi connectivity index (χ4v) is 3.94. The normalized spacial score (nSPS) is 16.8. The Morgan fingerprint density at radius 3 is 2.00 bits per heavy atom. The van der Waals surface area contributed by atoms with Gasteiger partial charge in [-0.2, -0.15) is 0 Å². The second-order valence-electron chi connectivity index (χ2n) is 6.58. The molecule has 1 aliphatic heterocycles. The van der Waals surface area contributed by atoms with Crippen molar-refractivity contribution in [3.05, 3.63) is 71.8 Å². The molecule has 1 atom stereocenters. The van der Waals surface area contributed by atoms with Crippen LogP contribution in [0.4, 0.5) is 0 Å². The molecule has 0 amide bonds. The van der Waals surface area contributed by atoms with Crippen molar-refractivity contribution < 1.29 is 14.3 Å². The van der Waals surface area contributed by atoms with E-state index in [0.717, 1.165) is 24.2 Å². The summed E-state index contributed by atoms with van der Waals surface area (Å²) in [5.74, 6) is -0.198. The maximum atomic E-state index is 13.5. The minimum Gasteiger partial charge on any atom is -0.465 e.